The largest absolute Gasteiger partial charge is 0.465 e. The van der Waals surface area contributed by atoms with E-state index >= 15 is 0 Å². The molecular formula is C10H17N3O4. The minimum absolute atomic E-state index is 0.341. The monoisotopic (exact) mass is 243 g/mol. The maximum absolute atomic E-state index is 12.0. The average molecular weight is 243 g/mol. The van der Waals surface area contributed by atoms with Gasteiger partial charge < -0.3 is 15.3 Å². The van der Waals surface area contributed by atoms with Crippen molar-refractivity contribution in [3.8, 4) is 0 Å². The third-order valence-corrected chi connectivity index (χ3v) is 2.60. The Balaban J connectivity index is 2.80. The van der Waals surface area contributed by atoms with Gasteiger partial charge in [-0.3, -0.25) is 9.69 Å². The first-order chi connectivity index (χ1) is 7.93. The van der Waals surface area contributed by atoms with Crippen molar-refractivity contribution in [2.45, 2.75) is 25.3 Å². The molecule has 7 heteroatoms. The highest BCUT2D eigenvalue weighted by atomic mass is 16.4. The molecule has 1 fully saturated rings. The number of hydrogen-bond acceptors (Lipinski definition) is 3. The highest BCUT2D eigenvalue weighted by molar-refractivity contribution is 5.98. The molecule has 0 aromatic carbocycles. The Bertz CT molecular complexity index is 330. The predicted molar refractivity (Wildman–Crippen MR) is 59.6 cm³/mol. The van der Waals surface area contributed by atoms with Crippen molar-refractivity contribution < 1.29 is 19.5 Å². The summed E-state index contributed by atoms with van der Waals surface area (Å²) in [6.45, 7) is 0.341. The van der Waals surface area contributed by atoms with Crippen LogP contribution in [-0.2, 0) is 4.79 Å². The van der Waals surface area contributed by atoms with Gasteiger partial charge in [0.1, 0.15) is 6.04 Å². The lowest BCUT2D eigenvalue weighted by atomic mass is 10.1. The summed E-state index contributed by atoms with van der Waals surface area (Å²) in [5.41, 5.74) is 0. The van der Waals surface area contributed by atoms with E-state index in [1.165, 1.54) is 4.90 Å². The minimum Gasteiger partial charge on any atom is -0.465 e. The number of carboxylic acid groups (broad SMARTS) is 1. The number of amides is 4. The van der Waals surface area contributed by atoms with E-state index in [0.717, 1.165) is 4.90 Å². The van der Waals surface area contributed by atoms with Gasteiger partial charge in [0.25, 0.3) is 5.91 Å². The second-order valence-electron chi connectivity index (χ2n) is 4.16. The maximum Gasteiger partial charge on any atom is 0.405 e. The average Bonchev–Trinajstić information content (AvgIpc) is 2.40. The number of nitrogens with zero attached hydrogens (tertiary/aromatic N) is 2. The third kappa shape index (κ3) is 3.33. The number of carbonyl (C=O) groups is 3. The number of rotatable bonds is 1. The van der Waals surface area contributed by atoms with Crippen LogP contribution in [0.15, 0.2) is 0 Å². The molecule has 0 saturated carbocycles. The summed E-state index contributed by atoms with van der Waals surface area (Å²) in [5, 5.41) is 10.8. The van der Waals surface area contributed by atoms with Gasteiger partial charge in [0.15, 0.2) is 0 Å². The fraction of sp³-hybridized carbons (Fsp3) is 0.700. The van der Waals surface area contributed by atoms with Crippen LogP contribution >= 0.6 is 0 Å². The van der Waals surface area contributed by atoms with Crippen LogP contribution in [0.1, 0.15) is 19.3 Å². The molecule has 2 N–H and O–H groups in total. The molecule has 96 valence electrons. The molecule has 0 bridgehead atoms. The normalized spacial score (nSPS) is 20.7. The Morgan fingerprint density at radius 3 is 2.59 bits per heavy atom. The standard InChI is InChI=1S/C10H17N3O4/c1-12(2)10(17)13-6-4-3-5-7(8(13)14)11-9(15)16/h7,11H,3-6H2,1-2H3,(H,15,16)/t7-/m0/s1. The van der Waals surface area contributed by atoms with Gasteiger partial charge in [0, 0.05) is 20.6 Å². The smallest absolute Gasteiger partial charge is 0.405 e. The molecule has 1 saturated heterocycles. The van der Waals surface area contributed by atoms with E-state index in [1.54, 1.807) is 14.1 Å². The molecule has 0 unspecified atom stereocenters. The van der Waals surface area contributed by atoms with Gasteiger partial charge in [-0.05, 0) is 19.3 Å². The number of imide groups is 1. The summed E-state index contributed by atoms with van der Waals surface area (Å²) in [4.78, 5) is 36.7. The number of urea groups is 1. The van der Waals surface area contributed by atoms with Gasteiger partial charge in [-0.15, -0.1) is 0 Å². The van der Waals surface area contributed by atoms with Crippen molar-refractivity contribution in [1.29, 1.82) is 0 Å². The van der Waals surface area contributed by atoms with Crippen LogP contribution in [0, 0.1) is 0 Å². The molecule has 4 amide bonds. The van der Waals surface area contributed by atoms with Crippen LogP contribution in [-0.4, -0.2) is 59.6 Å². The maximum atomic E-state index is 12.0. The Morgan fingerprint density at radius 2 is 2.06 bits per heavy atom. The molecule has 0 aromatic rings. The molecule has 0 aliphatic carbocycles. The molecule has 1 heterocycles. The van der Waals surface area contributed by atoms with Gasteiger partial charge in [0.2, 0.25) is 0 Å². The lowest BCUT2D eigenvalue weighted by Crippen LogP contribution is -2.51. The van der Waals surface area contributed by atoms with E-state index in [0.29, 0.717) is 25.8 Å². The van der Waals surface area contributed by atoms with Crippen molar-refractivity contribution in [3.63, 3.8) is 0 Å². The van der Waals surface area contributed by atoms with Crippen molar-refractivity contribution in [2.24, 2.45) is 0 Å². The molecule has 1 rings (SSSR count). The molecule has 0 spiro atoms. The number of hydrogen-bond donors (Lipinski definition) is 2. The van der Waals surface area contributed by atoms with E-state index in [2.05, 4.69) is 5.32 Å². The predicted octanol–water partition coefficient (Wildman–Crippen LogP) is 0.317. The first kappa shape index (κ1) is 13.3. The summed E-state index contributed by atoms with van der Waals surface area (Å²) in [7, 11) is 3.11. The second kappa shape index (κ2) is 5.51. The molecular weight excluding hydrogens is 226 g/mol. The molecule has 17 heavy (non-hydrogen) atoms. The van der Waals surface area contributed by atoms with Crippen molar-refractivity contribution in [3.05, 3.63) is 0 Å². The highest BCUT2D eigenvalue weighted by Gasteiger charge is 2.32. The zero-order valence-corrected chi connectivity index (χ0v) is 9.97. The van der Waals surface area contributed by atoms with Gasteiger partial charge in [-0.25, -0.2) is 9.59 Å². The van der Waals surface area contributed by atoms with E-state index < -0.39 is 24.1 Å². The molecule has 1 aliphatic heterocycles. The number of nitrogens with one attached hydrogen (secondary N) is 1. The molecule has 0 aromatic heterocycles. The Hall–Kier alpha value is -1.79. The summed E-state index contributed by atoms with van der Waals surface area (Å²) >= 11 is 0. The van der Waals surface area contributed by atoms with Gasteiger partial charge in [-0.1, -0.05) is 0 Å². The summed E-state index contributed by atoms with van der Waals surface area (Å²) in [6, 6.07) is -1.23. The zero-order chi connectivity index (χ0) is 13.0. The molecule has 1 atom stereocenters. The molecule has 0 radical (unpaired) electrons. The quantitative estimate of drug-likeness (QED) is 0.693. The summed E-state index contributed by atoms with van der Waals surface area (Å²) in [5.74, 6) is -0.469. The molecule has 7 nitrogen and oxygen atoms in total. The lowest BCUT2D eigenvalue weighted by Gasteiger charge is -2.25. The summed E-state index contributed by atoms with van der Waals surface area (Å²) < 4.78 is 0. The van der Waals surface area contributed by atoms with E-state index in [9.17, 15) is 14.4 Å². The third-order valence-electron chi connectivity index (χ3n) is 2.60. The second-order valence-corrected chi connectivity index (χ2v) is 4.16. The first-order valence-electron chi connectivity index (χ1n) is 5.45. The van der Waals surface area contributed by atoms with Crippen LogP contribution in [0.2, 0.25) is 0 Å². The highest BCUT2D eigenvalue weighted by Crippen LogP contribution is 2.13. The van der Waals surface area contributed by atoms with Crippen LogP contribution < -0.4 is 5.32 Å². The first-order valence-corrected chi connectivity index (χ1v) is 5.45. The van der Waals surface area contributed by atoms with E-state index in [4.69, 9.17) is 5.11 Å². The zero-order valence-electron chi connectivity index (χ0n) is 9.97. The Morgan fingerprint density at radius 1 is 1.41 bits per heavy atom. The van der Waals surface area contributed by atoms with Gasteiger partial charge >= 0.3 is 12.1 Å². The minimum atomic E-state index is -1.25. The van der Waals surface area contributed by atoms with E-state index in [-0.39, 0.29) is 0 Å². The number of likely N-dealkylation sites (tertiary alicyclic amines) is 1. The fourth-order valence-corrected chi connectivity index (χ4v) is 1.75. The van der Waals surface area contributed by atoms with Crippen molar-refractivity contribution >= 4 is 18.0 Å². The van der Waals surface area contributed by atoms with Gasteiger partial charge in [0.05, 0.1) is 0 Å². The van der Waals surface area contributed by atoms with E-state index in [1.807, 2.05) is 0 Å². The topological polar surface area (TPSA) is 90.0 Å². The van der Waals surface area contributed by atoms with Crippen molar-refractivity contribution in [2.75, 3.05) is 20.6 Å². The summed E-state index contributed by atoms with van der Waals surface area (Å²) in [6.07, 6.45) is 0.599. The van der Waals surface area contributed by atoms with Crippen LogP contribution in [0.5, 0.6) is 0 Å². The number of carbonyl (C=O) groups excluding carboxylic acids is 2. The fourth-order valence-electron chi connectivity index (χ4n) is 1.75. The lowest BCUT2D eigenvalue weighted by molar-refractivity contribution is -0.130. The van der Waals surface area contributed by atoms with Crippen LogP contribution in [0.3, 0.4) is 0 Å². The Labute approximate surface area is 99.4 Å². The van der Waals surface area contributed by atoms with Crippen LogP contribution in [0.4, 0.5) is 9.59 Å². The molecule has 1 aliphatic rings. The van der Waals surface area contributed by atoms with Crippen LogP contribution in [0.25, 0.3) is 0 Å². The Kier molecular flexibility index (Phi) is 4.30. The van der Waals surface area contributed by atoms with Crippen molar-refractivity contribution in [1.82, 2.24) is 15.1 Å². The van der Waals surface area contributed by atoms with Gasteiger partial charge in [-0.2, -0.15) is 0 Å². The SMILES string of the molecule is CN(C)C(=O)N1CCCC[C@H](NC(=O)O)C1=O.